The molecule has 3 aliphatic heterocycles. The van der Waals surface area contributed by atoms with Gasteiger partial charge in [0.25, 0.3) is 5.91 Å². The number of aryl methyl sites for hydroxylation is 1. The van der Waals surface area contributed by atoms with Gasteiger partial charge in [-0.1, -0.05) is 0 Å². The van der Waals surface area contributed by atoms with E-state index >= 15 is 0 Å². The molecule has 8 nitrogen and oxygen atoms in total. The van der Waals surface area contributed by atoms with Gasteiger partial charge in [0.2, 0.25) is 5.91 Å². The highest BCUT2D eigenvalue weighted by Gasteiger charge is 2.47. The molecule has 3 fully saturated rings. The van der Waals surface area contributed by atoms with Crippen molar-refractivity contribution in [2.45, 2.75) is 75.9 Å². The van der Waals surface area contributed by atoms with Gasteiger partial charge in [0, 0.05) is 29.3 Å². The minimum absolute atomic E-state index is 0.129. The van der Waals surface area contributed by atoms with Gasteiger partial charge in [0.15, 0.2) is 11.9 Å². The number of amides is 2. The van der Waals surface area contributed by atoms with Gasteiger partial charge < -0.3 is 15.0 Å². The first-order chi connectivity index (χ1) is 17.1. The van der Waals surface area contributed by atoms with Crippen molar-refractivity contribution < 1.29 is 31.9 Å². The van der Waals surface area contributed by atoms with E-state index in [1.54, 1.807) is 17.9 Å². The lowest BCUT2D eigenvalue weighted by Crippen LogP contribution is -2.52. The average Bonchev–Trinajstić information content (AvgIpc) is 3.42. The number of nitrogens with one attached hydrogen (secondary N) is 2. The fraction of sp³-hybridized carbons (Fsp3) is 0.583. The molecule has 0 aromatic carbocycles. The van der Waals surface area contributed by atoms with Gasteiger partial charge in [-0.25, -0.2) is 4.39 Å². The van der Waals surface area contributed by atoms with E-state index in [0.717, 1.165) is 19.0 Å². The van der Waals surface area contributed by atoms with Gasteiger partial charge >= 0.3 is 6.18 Å². The quantitative estimate of drug-likeness (QED) is 0.615. The third kappa shape index (κ3) is 4.82. The highest BCUT2D eigenvalue weighted by molar-refractivity contribution is 5.94. The van der Waals surface area contributed by atoms with Crippen LogP contribution >= 0.6 is 0 Å². The van der Waals surface area contributed by atoms with Crippen molar-refractivity contribution in [1.29, 1.82) is 0 Å². The first-order valence-corrected chi connectivity index (χ1v) is 12.1. The lowest BCUT2D eigenvalue weighted by Gasteiger charge is -2.39. The van der Waals surface area contributed by atoms with Crippen molar-refractivity contribution >= 4 is 11.8 Å². The summed E-state index contributed by atoms with van der Waals surface area (Å²) in [5.74, 6) is -1.30. The van der Waals surface area contributed by atoms with Crippen LogP contribution in [0.15, 0.2) is 18.3 Å². The molecule has 2 aromatic rings. The summed E-state index contributed by atoms with van der Waals surface area (Å²) < 4.78 is 57.5. The van der Waals surface area contributed by atoms with Gasteiger partial charge in [-0.2, -0.15) is 18.3 Å². The molecule has 5 heterocycles. The number of carbonyl (C=O) groups is 2. The van der Waals surface area contributed by atoms with Crippen LogP contribution in [0.5, 0.6) is 0 Å². The summed E-state index contributed by atoms with van der Waals surface area (Å²) in [7, 11) is 0. The van der Waals surface area contributed by atoms with E-state index < -0.39 is 24.1 Å². The van der Waals surface area contributed by atoms with E-state index in [1.807, 2.05) is 0 Å². The molecule has 2 unspecified atom stereocenters. The lowest BCUT2D eigenvalue weighted by molar-refractivity contribution is -0.232. The van der Waals surface area contributed by atoms with Gasteiger partial charge in [0.1, 0.15) is 5.69 Å². The molecule has 0 radical (unpaired) electrons. The van der Waals surface area contributed by atoms with Crippen molar-refractivity contribution in [3.05, 3.63) is 35.5 Å². The molecule has 0 spiro atoms. The minimum Gasteiger partial charge on any atom is -0.367 e. The van der Waals surface area contributed by atoms with Crippen LogP contribution in [0, 0.1) is 18.7 Å². The molecule has 2 bridgehead atoms. The number of ether oxygens (including phenoxy) is 1. The molecule has 4 atom stereocenters. The van der Waals surface area contributed by atoms with E-state index in [1.165, 1.54) is 6.07 Å². The van der Waals surface area contributed by atoms with Crippen LogP contribution in [0.3, 0.4) is 0 Å². The number of fused-ring (bicyclic) bond motifs is 2. The van der Waals surface area contributed by atoms with E-state index in [0.29, 0.717) is 24.2 Å². The van der Waals surface area contributed by atoms with Gasteiger partial charge in [-0.15, -0.1) is 0 Å². The minimum atomic E-state index is -4.39. The summed E-state index contributed by atoms with van der Waals surface area (Å²) in [6.45, 7) is 1.57. The SMILES string of the molecule is Cc1cc(-c2cc(C(=O)N3C4CCC3CC(C(=O)N[C@H]3CC[C@H](C(F)(F)F)OC3)C4)[nH]n2)c(F)cn1. The van der Waals surface area contributed by atoms with Crippen LogP contribution in [0.4, 0.5) is 17.6 Å². The second kappa shape index (κ2) is 9.45. The van der Waals surface area contributed by atoms with Crippen LogP contribution in [0.2, 0.25) is 0 Å². The number of aromatic nitrogens is 3. The summed E-state index contributed by atoms with van der Waals surface area (Å²) in [5.41, 5.74) is 1.44. The van der Waals surface area contributed by atoms with Crippen molar-refractivity contribution in [3.63, 3.8) is 0 Å². The largest absolute Gasteiger partial charge is 0.414 e. The number of hydrogen-bond donors (Lipinski definition) is 2. The number of halogens is 4. The number of H-pyrrole nitrogens is 1. The average molecular weight is 510 g/mol. The lowest BCUT2D eigenvalue weighted by atomic mass is 9.89. The summed E-state index contributed by atoms with van der Waals surface area (Å²) in [4.78, 5) is 31.9. The highest BCUT2D eigenvalue weighted by Crippen LogP contribution is 2.40. The van der Waals surface area contributed by atoms with Crippen molar-refractivity contribution in [1.82, 2.24) is 25.4 Å². The molecule has 194 valence electrons. The van der Waals surface area contributed by atoms with Crippen molar-refractivity contribution in [3.8, 4) is 11.3 Å². The molecule has 3 aliphatic rings. The predicted octanol–water partition coefficient (Wildman–Crippen LogP) is 3.53. The Bertz CT molecular complexity index is 1130. The first-order valence-electron chi connectivity index (χ1n) is 12.1. The maximum Gasteiger partial charge on any atom is 0.414 e. The maximum absolute atomic E-state index is 14.2. The molecule has 2 amide bonds. The molecule has 36 heavy (non-hydrogen) atoms. The van der Waals surface area contributed by atoms with Crippen molar-refractivity contribution in [2.24, 2.45) is 5.92 Å². The van der Waals surface area contributed by atoms with E-state index in [9.17, 15) is 27.2 Å². The van der Waals surface area contributed by atoms with Gasteiger partial charge in [0.05, 0.1) is 24.5 Å². The zero-order chi connectivity index (χ0) is 25.6. The molecule has 0 aliphatic carbocycles. The standard InChI is InChI=1S/C24H27F4N5O3/c1-12-6-17(18(25)10-29-12)19-9-20(32-31-19)23(35)33-15-3-4-16(33)8-13(7-15)22(34)30-14-2-5-21(36-11-14)24(26,27)28/h6,9-10,13-16,21H,2-5,7-8,11H2,1H3,(H,30,34)(H,31,32)/t13?,14-,15?,16?,21+/m0/s1. The number of alkyl halides is 3. The number of nitrogens with zero attached hydrogens (tertiary/aromatic N) is 3. The highest BCUT2D eigenvalue weighted by atomic mass is 19.4. The Morgan fingerprint density at radius 1 is 1.14 bits per heavy atom. The van der Waals surface area contributed by atoms with Crippen LogP contribution in [-0.2, 0) is 9.53 Å². The summed E-state index contributed by atoms with van der Waals surface area (Å²) in [5, 5.41) is 9.68. The van der Waals surface area contributed by atoms with E-state index in [-0.39, 0.29) is 60.5 Å². The molecule has 2 N–H and O–H groups in total. The van der Waals surface area contributed by atoms with E-state index in [4.69, 9.17) is 4.74 Å². The number of pyridine rings is 1. The topological polar surface area (TPSA) is 100 Å². The van der Waals surface area contributed by atoms with Crippen LogP contribution in [0.1, 0.15) is 54.7 Å². The van der Waals surface area contributed by atoms with Crippen molar-refractivity contribution in [2.75, 3.05) is 6.61 Å². The molecule has 12 heteroatoms. The summed E-state index contributed by atoms with van der Waals surface area (Å²) in [6.07, 6.45) is -2.55. The van der Waals surface area contributed by atoms with Gasteiger partial charge in [-0.05, 0) is 57.6 Å². The number of hydrogen-bond acceptors (Lipinski definition) is 5. The molecular weight excluding hydrogens is 482 g/mol. The zero-order valence-electron chi connectivity index (χ0n) is 19.6. The summed E-state index contributed by atoms with van der Waals surface area (Å²) in [6, 6.07) is 2.38. The molecule has 0 saturated carbocycles. The Balaban J connectivity index is 1.20. The zero-order valence-corrected chi connectivity index (χ0v) is 19.6. The van der Waals surface area contributed by atoms with Gasteiger partial charge in [-0.3, -0.25) is 19.7 Å². The Hall–Kier alpha value is -3.02. The number of rotatable bonds is 4. The third-order valence-electron chi connectivity index (χ3n) is 7.40. The van der Waals surface area contributed by atoms with Crippen LogP contribution in [-0.4, -0.2) is 68.9 Å². The predicted molar refractivity (Wildman–Crippen MR) is 119 cm³/mol. The van der Waals surface area contributed by atoms with E-state index in [2.05, 4.69) is 20.5 Å². The smallest absolute Gasteiger partial charge is 0.367 e. The maximum atomic E-state index is 14.2. The van der Waals surface area contributed by atoms with Crippen LogP contribution < -0.4 is 5.32 Å². The number of carbonyl (C=O) groups excluding carboxylic acids is 2. The fourth-order valence-corrected chi connectivity index (χ4v) is 5.61. The molecular formula is C24H27F4N5O3. The fourth-order valence-electron chi connectivity index (χ4n) is 5.61. The number of aromatic amines is 1. The Morgan fingerprint density at radius 3 is 2.50 bits per heavy atom. The molecule has 3 saturated heterocycles. The normalized spacial score (nSPS) is 28.2. The third-order valence-corrected chi connectivity index (χ3v) is 7.40. The first kappa shape index (κ1) is 24.7. The Labute approximate surface area is 204 Å². The second-order valence-electron chi connectivity index (χ2n) is 9.88. The Morgan fingerprint density at radius 2 is 1.86 bits per heavy atom. The molecule has 5 rings (SSSR count). The monoisotopic (exact) mass is 509 g/mol. The summed E-state index contributed by atoms with van der Waals surface area (Å²) >= 11 is 0. The second-order valence-corrected chi connectivity index (χ2v) is 9.88. The Kier molecular flexibility index (Phi) is 6.48. The number of piperidine rings is 1. The molecule has 2 aromatic heterocycles. The van der Waals surface area contributed by atoms with Crippen LogP contribution in [0.25, 0.3) is 11.3 Å².